The standard InChI is InChI=1S/C94H73BN4/c1-62-52-64-54-63(2)96(77(53-62)55-64)75-46-48-84-88(60-75)98(93-78(68-32-16-6-17-33-68)40-24-41-79(93)69-34-18-7-19-35-69)90-58-74(67-30-14-5-15-31-67)59-91-92(90)95(84)85-49-47-76(61-89(85)99(91)94-80(70-36-20-8-21-37-70)42-25-43-81(94)71-38-22-9-23-39-71)97-86-50-44-72(65-26-10-3-11-27-65)56-82(86)83-57-73(45-51-87(83)97)66-28-12-4-13-29-66/h3-51,56-64,77H,52-55H2,1-2H3. The molecule has 0 radical (unpaired) electrons. The van der Waals surface area contributed by atoms with Gasteiger partial charge in [-0.1, -0.05) is 280 Å². The molecule has 1 aromatic heterocycles. The monoisotopic (exact) mass is 1270 g/mol. The molecule has 0 N–H and O–H groups in total. The molecule has 1 aliphatic carbocycles. The van der Waals surface area contributed by atoms with Crippen molar-refractivity contribution >= 4 is 84.7 Å². The average Bonchev–Trinajstić information content (AvgIpc) is 0.869. The van der Waals surface area contributed by atoms with Crippen molar-refractivity contribution in [3.63, 3.8) is 0 Å². The van der Waals surface area contributed by atoms with E-state index in [-0.39, 0.29) is 6.71 Å². The van der Waals surface area contributed by atoms with Crippen LogP contribution in [0, 0.1) is 11.8 Å². The predicted molar refractivity (Wildman–Crippen MR) is 420 cm³/mol. The summed E-state index contributed by atoms with van der Waals surface area (Å²) in [5.74, 6) is 1.45. The summed E-state index contributed by atoms with van der Waals surface area (Å²) in [4.78, 5) is 8.28. The first-order chi connectivity index (χ1) is 48.9. The van der Waals surface area contributed by atoms with Crippen molar-refractivity contribution in [3.05, 3.63) is 334 Å². The van der Waals surface area contributed by atoms with E-state index in [0.29, 0.717) is 18.0 Å². The molecule has 4 aliphatic rings. The predicted octanol–water partition coefficient (Wildman–Crippen LogP) is 22.9. The van der Waals surface area contributed by atoms with Crippen LogP contribution in [0.25, 0.3) is 105 Å². The molecule has 15 aromatic rings. The van der Waals surface area contributed by atoms with Gasteiger partial charge < -0.3 is 19.3 Å². The molecule has 99 heavy (non-hydrogen) atoms. The van der Waals surface area contributed by atoms with Crippen LogP contribution < -0.4 is 31.1 Å². The first-order valence-corrected chi connectivity index (χ1v) is 35.5. The Morgan fingerprint density at radius 1 is 0.293 bits per heavy atom. The van der Waals surface area contributed by atoms with Crippen molar-refractivity contribution in [1.82, 2.24) is 4.57 Å². The van der Waals surface area contributed by atoms with Gasteiger partial charge in [-0.25, -0.2) is 0 Å². The van der Waals surface area contributed by atoms with Crippen LogP contribution in [-0.2, 0) is 0 Å². The number of hydrogen-bond acceptors (Lipinski definition) is 3. The molecule has 14 aromatic carbocycles. The molecule has 4 unspecified atom stereocenters. The largest absolute Gasteiger partial charge is 0.366 e. The fourth-order valence-corrected chi connectivity index (χ4v) is 18.0. The average molecular weight is 1270 g/mol. The third-order valence-corrected chi connectivity index (χ3v) is 22.1. The minimum Gasteiger partial charge on any atom is -0.366 e. The number of hydrogen-bond donors (Lipinski definition) is 0. The molecule has 2 fully saturated rings. The second-order valence-electron chi connectivity index (χ2n) is 28.1. The van der Waals surface area contributed by atoms with Crippen LogP contribution in [0.3, 0.4) is 0 Å². The van der Waals surface area contributed by atoms with Gasteiger partial charge in [-0.2, -0.15) is 0 Å². The normalized spacial score (nSPS) is 16.7. The van der Waals surface area contributed by atoms with Crippen LogP contribution in [0.15, 0.2) is 334 Å². The third-order valence-electron chi connectivity index (χ3n) is 22.1. The van der Waals surface area contributed by atoms with E-state index in [4.69, 9.17) is 0 Å². The van der Waals surface area contributed by atoms with Gasteiger partial charge in [0.25, 0.3) is 6.71 Å². The maximum Gasteiger partial charge on any atom is 0.252 e. The molecule has 19 rings (SSSR count). The van der Waals surface area contributed by atoms with Crippen LogP contribution >= 0.6 is 0 Å². The van der Waals surface area contributed by atoms with Crippen LogP contribution in [-0.4, -0.2) is 23.4 Å². The highest BCUT2D eigenvalue weighted by atomic mass is 15.2. The van der Waals surface area contributed by atoms with Crippen LogP contribution in [0.4, 0.5) is 39.8 Å². The molecule has 3 aliphatic heterocycles. The first-order valence-electron chi connectivity index (χ1n) is 35.5. The van der Waals surface area contributed by atoms with Crippen molar-refractivity contribution in [2.45, 2.75) is 51.6 Å². The Kier molecular flexibility index (Phi) is 14.3. The first kappa shape index (κ1) is 58.7. The van der Waals surface area contributed by atoms with Crippen molar-refractivity contribution in [2.75, 3.05) is 14.7 Å². The van der Waals surface area contributed by atoms with E-state index in [9.17, 15) is 0 Å². The van der Waals surface area contributed by atoms with Crippen LogP contribution in [0.1, 0.15) is 39.5 Å². The minimum absolute atomic E-state index is 0.188. The number of benzene rings is 14. The van der Waals surface area contributed by atoms with Gasteiger partial charge in [0.1, 0.15) is 0 Å². The fourth-order valence-electron chi connectivity index (χ4n) is 18.0. The lowest BCUT2D eigenvalue weighted by Gasteiger charge is -2.51. The van der Waals surface area contributed by atoms with Gasteiger partial charge in [0.05, 0.1) is 22.4 Å². The lowest BCUT2D eigenvalue weighted by atomic mass is 9.33. The van der Waals surface area contributed by atoms with Gasteiger partial charge in [0.15, 0.2) is 0 Å². The zero-order valence-corrected chi connectivity index (χ0v) is 55.8. The lowest BCUT2D eigenvalue weighted by Crippen LogP contribution is -2.61. The Bertz CT molecular complexity index is 5350. The summed E-state index contributed by atoms with van der Waals surface area (Å²) >= 11 is 0. The quantitative estimate of drug-likeness (QED) is 0.120. The number of anilines is 7. The van der Waals surface area contributed by atoms with Gasteiger partial charge in [0, 0.05) is 79.2 Å². The van der Waals surface area contributed by atoms with E-state index < -0.39 is 0 Å². The molecule has 2 bridgehead atoms. The van der Waals surface area contributed by atoms with Crippen molar-refractivity contribution in [1.29, 1.82) is 0 Å². The molecule has 4 atom stereocenters. The number of rotatable bonds is 11. The third kappa shape index (κ3) is 9.96. The zero-order valence-electron chi connectivity index (χ0n) is 55.8. The lowest BCUT2D eigenvalue weighted by molar-refractivity contribution is 0.179. The Balaban J connectivity index is 0.950. The molecule has 4 heterocycles. The van der Waals surface area contributed by atoms with E-state index in [1.54, 1.807) is 0 Å². The van der Waals surface area contributed by atoms with Crippen molar-refractivity contribution in [2.24, 2.45) is 11.8 Å². The van der Waals surface area contributed by atoms with Crippen LogP contribution in [0.5, 0.6) is 0 Å². The smallest absolute Gasteiger partial charge is 0.252 e. The van der Waals surface area contributed by atoms with Gasteiger partial charge in [-0.05, 0) is 177 Å². The van der Waals surface area contributed by atoms with E-state index >= 15 is 0 Å². The highest BCUT2D eigenvalue weighted by molar-refractivity contribution is 7.00. The summed E-state index contributed by atoms with van der Waals surface area (Å²) in [6.07, 6.45) is 5.00. The molecule has 1 saturated carbocycles. The Morgan fingerprint density at radius 3 is 1.10 bits per heavy atom. The van der Waals surface area contributed by atoms with Gasteiger partial charge in [-0.15, -0.1) is 0 Å². The minimum atomic E-state index is -0.188. The van der Waals surface area contributed by atoms with Gasteiger partial charge in [-0.3, -0.25) is 0 Å². The van der Waals surface area contributed by atoms with Crippen molar-refractivity contribution < 1.29 is 0 Å². The highest BCUT2D eigenvalue weighted by Crippen LogP contribution is 2.55. The molecule has 0 spiro atoms. The zero-order chi connectivity index (χ0) is 65.7. The number of para-hydroxylation sites is 2. The fraction of sp³-hybridized carbons (Fsp3) is 0.106. The highest BCUT2D eigenvalue weighted by Gasteiger charge is 2.47. The summed E-state index contributed by atoms with van der Waals surface area (Å²) in [6.45, 7) is 4.81. The molecule has 5 heteroatoms. The molecule has 4 nitrogen and oxygen atoms in total. The van der Waals surface area contributed by atoms with Crippen LogP contribution in [0.2, 0.25) is 0 Å². The van der Waals surface area contributed by atoms with E-state index in [2.05, 4.69) is 367 Å². The van der Waals surface area contributed by atoms with Gasteiger partial charge >= 0.3 is 0 Å². The van der Waals surface area contributed by atoms with E-state index in [1.165, 1.54) is 114 Å². The van der Waals surface area contributed by atoms with E-state index in [0.717, 1.165) is 78.8 Å². The van der Waals surface area contributed by atoms with Crippen molar-refractivity contribution in [3.8, 4) is 83.6 Å². The number of nitrogens with zero attached hydrogens (tertiary/aromatic N) is 4. The molecule has 0 amide bonds. The topological polar surface area (TPSA) is 14.7 Å². The molecular weight excluding hydrogens is 1200 g/mol. The molecule has 472 valence electrons. The Morgan fingerprint density at radius 2 is 0.677 bits per heavy atom. The number of fused-ring (bicyclic) bond motifs is 9. The summed E-state index contributed by atoms with van der Waals surface area (Å²) in [7, 11) is 0. The summed E-state index contributed by atoms with van der Waals surface area (Å²) in [5, 5.41) is 2.43. The maximum atomic E-state index is 2.85. The number of aromatic nitrogens is 1. The molecule has 1 saturated heterocycles. The Labute approximate surface area is 581 Å². The summed E-state index contributed by atoms with van der Waals surface area (Å²) < 4.78 is 2.54. The SMILES string of the molecule is CC1CC2CC(C)N(c3ccc4c(c3)N(c3c(-c5ccccc5)cccc3-c3ccccc3)c3cc(-c5ccccc5)cc5c3B4c3ccc(-n4c6ccc(-c7ccccc7)cc6c6cc(-c7ccccc7)ccc64)cc3N5c3c(-c4ccccc4)cccc3-c3ccccc3)C(C1)C2. The van der Waals surface area contributed by atoms with E-state index in [1.807, 2.05) is 0 Å². The number of piperidine rings is 1. The summed E-state index contributed by atoms with van der Waals surface area (Å²) in [6, 6.07) is 127. The molecular formula is C94H73BN4. The second-order valence-corrected chi connectivity index (χ2v) is 28.1. The van der Waals surface area contributed by atoms with Gasteiger partial charge in [0.2, 0.25) is 0 Å². The summed E-state index contributed by atoms with van der Waals surface area (Å²) in [5.41, 5.74) is 31.9. The Hall–Kier alpha value is -11.7. The maximum absolute atomic E-state index is 2.85. The second kappa shape index (κ2) is 24.2.